The zero-order valence-electron chi connectivity index (χ0n) is 11.9. The van der Waals surface area contributed by atoms with Crippen LogP contribution in [0.5, 0.6) is 0 Å². The number of hydrogen-bond donors (Lipinski definition) is 2. The molecule has 5 heteroatoms. The lowest BCUT2D eigenvalue weighted by molar-refractivity contribution is -0.121. The second-order valence-electron chi connectivity index (χ2n) is 5.86. The van der Waals surface area contributed by atoms with Crippen molar-refractivity contribution in [3.05, 3.63) is 0 Å². The Morgan fingerprint density at radius 1 is 1.16 bits per heavy atom. The summed E-state index contributed by atoms with van der Waals surface area (Å²) in [6, 6.07) is 0.811. The predicted octanol–water partition coefficient (Wildman–Crippen LogP) is 0.707. The standard InChI is InChI=1S/C14H28N4O/c15-16-14(19)7-2-1-3-8-17-9-5-11-18-10-4-6-13(18)12-17/h13H,1-12,15H2,(H,16,19). The lowest BCUT2D eigenvalue weighted by atomic mass is 10.1. The fourth-order valence-electron chi connectivity index (χ4n) is 3.36. The first-order valence-corrected chi connectivity index (χ1v) is 7.75. The molecule has 2 heterocycles. The van der Waals surface area contributed by atoms with E-state index in [1.54, 1.807) is 0 Å². The maximum Gasteiger partial charge on any atom is 0.233 e. The fourth-order valence-corrected chi connectivity index (χ4v) is 3.36. The Hall–Kier alpha value is -0.650. The highest BCUT2D eigenvalue weighted by molar-refractivity contribution is 5.74. The first-order valence-electron chi connectivity index (χ1n) is 7.75. The summed E-state index contributed by atoms with van der Waals surface area (Å²) in [5.41, 5.74) is 2.18. The van der Waals surface area contributed by atoms with Gasteiger partial charge in [-0.1, -0.05) is 6.42 Å². The van der Waals surface area contributed by atoms with Gasteiger partial charge in [0.2, 0.25) is 5.91 Å². The highest BCUT2D eigenvalue weighted by Crippen LogP contribution is 2.21. The van der Waals surface area contributed by atoms with Crippen LogP contribution in [0.15, 0.2) is 0 Å². The van der Waals surface area contributed by atoms with Crippen molar-refractivity contribution in [1.29, 1.82) is 0 Å². The SMILES string of the molecule is NNC(=O)CCCCCN1CCCN2CCCC2C1. The quantitative estimate of drug-likeness (QED) is 0.322. The van der Waals surface area contributed by atoms with Gasteiger partial charge < -0.3 is 4.90 Å². The number of rotatable bonds is 6. The predicted molar refractivity (Wildman–Crippen MR) is 76.5 cm³/mol. The van der Waals surface area contributed by atoms with Crippen LogP contribution in [0.4, 0.5) is 0 Å². The maximum absolute atomic E-state index is 11.0. The summed E-state index contributed by atoms with van der Waals surface area (Å²) >= 11 is 0. The second-order valence-corrected chi connectivity index (χ2v) is 5.86. The van der Waals surface area contributed by atoms with Crippen LogP contribution < -0.4 is 11.3 Å². The van der Waals surface area contributed by atoms with Crippen LogP contribution in [0.3, 0.4) is 0 Å². The Morgan fingerprint density at radius 2 is 2.00 bits per heavy atom. The van der Waals surface area contributed by atoms with Crippen LogP contribution in [0, 0.1) is 0 Å². The molecule has 1 unspecified atom stereocenters. The average molecular weight is 268 g/mol. The number of nitrogens with zero attached hydrogens (tertiary/aromatic N) is 2. The largest absolute Gasteiger partial charge is 0.302 e. The molecule has 5 nitrogen and oxygen atoms in total. The number of unbranched alkanes of at least 4 members (excludes halogenated alkanes) is 2. The number of carbonyl (C=O) groups excluding carboxylic acids is 1. The number of amides is 1. The van der Waals surface area contributed by atoms with Crippen LogP contribution in [-0.4, -0.2) is 54.5 Å². The Balaban J connectivity index is 1.59. The third kappa shape index (κ3) is 4.75. The van der Waals surface area contributed by atoms with Gasteiger partial charge in [-0.05, 0) is 58.3 Å². The van der Waals surface area contributed by atoms with E-state index in [1.165, 1.54) is 58.4 Å². The lowest BCUT2D eigenvalue weighted by Crippen LogP contribution is -2.37. The molecule has 1 atom stereocenters. The molecule has 0 aromatic heterocycles. The average Bonchev–Trinajstić information content (AvgIpc) is 2.76. The highest BCUT2D eigenvalue weighted by atomic mass is 16.2. The number of nitrogens with two attached hydrogens (primary N) is 1. The van der Waals surface area contributed by atoms with Gasteiger partial charge in [0.15, 0.2) is 0 Å². The summed E-state index contributed by atoms with van der Waals surface area (Å²) < 4.78 is 0. The molecule has 0 aromatic carbocycles. The molecule has 2 aliphatic heterocycles. The van der Waals surface area contributed by atoms with Gasteiger partial charge in [-0.15, -0.1) is 0 Å². The number of hydrazine groups is 1. The van der Waals surface area contributed by atoms with E-state index in [4.69, 9.17) is 5.84 Å². The molecule has 0 aliphatic carbocycles. The van der Waals surface area contributed by atoms with Crippen LogP contribution in [0.1, 0.15) is 44.9 Å². The minimum absolute atomic E-state index is 0.0450. The van der Waals surface area contributed by atoms with E-state index in [0.717, 1.165) is 18.9 Å². The van der Waals surface area contributed by atoms with Crippen molar-refractivity contribution in [1.82, 2.24) is 15.2 Å². The molecular weight excluding hydrogens is 240 g/mol. The zero-order chi connectivity index (χ0) is 13.5. The normalized spacial score (nSPS) is 25.0. The fraction of sp³-hybridized carbons (Fsp3) is 0.929. The van der Waals surface area contributed by atoms with Gasteiger partial charge in [-0.2, -0.15) is 0 Å². The Kier molecular flexibility index (Phi) is 6.07. The van der Waals surface area contributed by atoms with Gasteiger partial charge in [-0.3, -0.25) is 15.1 Å². The van der Waals surface area contributed by atoms with Crippen LogP contribution in [-0.2, 0) is 4.79 Å². The molecule has 19 heavy (non-hydrogen) atoms. The lowest BCUT2D eigenvalue weighted by Gasteiger charge is -2.25. The first-order chi connectivity index (χ1) is 9.29. The van der Waals surface area contributed by atoms with Gasteiger partial charge in [-0.25, -0.2) is 5.84 Å². The molecule has 3 N–H and O–H groups in total. The summed E-state index contributed by atoms with van der Waals surface area (Å²) in [6.45, 7) is 6.29. The van der Waals surface area contributed by atoms with Crippen molar-refractivity contribution < 1.29 is 4.79 Å². The van der Waals surface area contributed by atoms with E-state index in [0.29, 0.717) is 6.42 Å². The van der Waals surface area contributed by atoms with E-state index in [2.05, 4.69) is 15.2 Å². The summed E-state index contributed by atoms with van der Waals surface area (Å²) in [6.07, 6.45) is 7.91. The van der Waals surface area contributed by atoms with Crippen LogP contribution >= 0.6 is 0 Å². The van der Waals surface area contributed by atoms with Gasteiger partial charge in [0.05, 0.1) is 0 Å². The first kappa shape index (κ1) is 14.8. The Morgan fingerprint density at radius 3 is 2.84 bits per heavy atom. The van der Waals surface area contributed by atoms with Crippen molar-refractivity contribution in [2.75, 3.05) is 32.7 Å². The molecule has 0 radical (unpaired) electrons. The molecule has 2 aliphatic rings. The van der Waals surface area contributed by atoms with Crippen molar-refractivity contribution in [2.24, 2.45) is 5.84 Å². The molecule has 0 bridgehead atoms. The Labute approximate surface area is 116 Å². The highest BCUT2D eigenvalue weighted by Gasteiger charge is 2.28. The van der Waals surface area contributed by atoms with E-state index in [1.807, 2.05) is 0 Å². The third-order valence-electron chi connectivity index (χ3n) is 4.43. The third-order valence-corrected chi connectivity index (χ3v) is 4.43. The molecule has 110 valence electrons. The van der Waals surface area contributed by atoms with E-state index < -0.39 is 0 Å². The van der Waals surface area contributed by atoms with Crippen molar-refractivity contribution in [3.63, 3.8) is 0 Å². The maximum atomic E-state index is 11.0. The summed E-state index contributed by atoms with van der Waals surface area (Å²) in [4.78, 5) is 16.3. The smallest absolute Gasteiger partial charge is 0.233 e. The summed E-state index contributed by atoms with van der Waals surface area (Å²) in [5.74, 6) is 5.01. The molecular formula is C14H28N4O. The van der Waals surface area contributed by atoms with Crippen LogP contribution in [0.25, 0.3) is 0 Å². The van der Waals surface area contributed by atoms with E-state index in [9.17, 15) is 4.79 Å². The molecule has 1 amide bonds. The molecule has 0 saturated carbocycles. The molecule has 0 aromatic rings. The van der Waals surface area contributed by atoms with Crippen molar-refractivity contribution >= 4 is 5.91 Å². The summed E-state index contributed by atoms with van der Waals surface area (Å²) in [7, 11) is 0. The van der Waals surface area contributed by atoms with Gasteiger partial charge in [0, 0.05) is 19.0 Å². The van der Waals surface area contributed by atoms with Gasteiger partial charge in [0.1, 0.15) is 0 Å². The topological polar surface area (TPSA) is 61.6 Å². The monoisotopic (exact) mass is 268 g/mol. The van der Waals surface area contributed by atoms with Crippen molar-refractivity contribution in [3.8, 4) is 0 Å². The Bertz CT molecular complexity index is 285. The molecule has 2 fully saturated rings. The van der Waals surface area contributed by atoms with Crippen molar-refractivity contribution in [2.45, 2.75) is 51.0 Å². The molecule has 0 spiro atoms. The molecule has 2 saturated heterocycles. The number of nitrogens with one attached hydrogen (secondary N) is 1. The zero-order valence-corrected chi connectivity index (χ0v) is 11.9. The minimum Gasteiger partial charge on any atom is -0.302 e. The summed E-state index contributed by atoms with van der Waals surface area (Å²) in [5, 5.41) is 0. The number of carbonyl (C=O) groups is 1. The number of fused-ring (bicyclic) bond motifs is 1. The second kappa shape index (κ2) is 7.82. The van der Waals surface area contributed by atoms with Crippen LogP contribution in [0.2, 0.25) is 0 Å². The van der Waals surface area contributed by atoms with E-state index in [-0.39, 0.29) is 5.91 Å². The minimum atomic E-state index is -0.0450. The van der Waals surface area contributed by atoms with Gasteiger partial charge in [0.25, 0.3) is 0 Å². The number of hydrogen-bond acceptors (Lipinski definition) is 4. The van der Waals surface area contributed by atoms with Gasteiger partial charge >= 0.3 is 0 Å². The van der Waals surface area contributed by atoms with E-state index >= 15 is 0 Å². The molecule has 2 rings (SSSR count).